The van der Waals surface area contributed by atoms with Gasteiger partial charge in [-0.05, 0) is 31.9 Å². The van der Waals surface area contributed by atoms with E-state index in [1.165, 1.54) is 6.07 Å². The first kappa shape index (κ1) is 18.5. The third-order valence-electron chi connectivity index (χ3n) is 5.28. The van der Waals surface area contributed by atoms with E-state index in [1.807, 2.05) is 17.2 Å². The van der Waals surface area contributed by atoms with E-state index < -0.39 is 6.43 Å². The number of carbonyl (C=O) groups excluding carboxylic acids is 1. The molecule has 148 valence electrons. The SMILES string of the molecule is Cc1noc2nc(C3CCN(C(=O)CCn4cccn4)CC3)cc(C(F)F)c12. The predicted molar refractivity (Wildman–Crippen MR) is 96.9 cm³/mol. The van der Waals surface area contributed by atoms with Crippen LogP contribution < -0.4 is 0 Å². The molecule has 1 fully saturated rings. The molecule has 0 saturated carbocycles. The van der Waals surface area contributed by atoms with Crippen molar-refractivity contribution in [2.75, 3.05) is 13.1 Å². The summed E-state index contributed by atoms with van der Waals surface area (Å²) in [5, 5.41) is 8.16. The Hall–Kier alpha value is -2.84. The summed E-state index contributed by atoms with van der Waals surface area (Å²) in [4.78, 5) is 18.7. The van der Waals surface area contributed by atoms with Crippen LogP contribution in [0.5, 0.6) is 0 Å². The van der Waals surface area contributed by atoms with Crippen molar-refractivity contribution in [2.45, 2.75) is 45.1 Å². The van der Waals surface area contributed by atoms with Crippen LogP contribution in [0.25, 0.3) is 11.1 Å². The van der Waals surface area contributed by atoms with Crippen LogP contribution in [0.2, 0.25) is 0 Å². The maximum absolute atomic E-state index is 13.5. The fraction of sp³-hybridized carbons (Fsp3) is 0.474. The second-order valence-electron chi connectivity index (χ2n) is 7.06. The van der Waals surface area contributed by atoms with Crippen LogP contribution in [-0.2, 0) is 11.3 Å². The molecule has 0 radical (unpaired) electrons. The summed E-state index contributed by atoms with van der Waals surface area (Å²) in [6.07, 6.45) is 2.65. The smallest absolute Gasteiger partial charge is 0.264 e. The Kier molecular flexibility index (Phi) is 5.06. The van der Waals surface area contributed by atoms with Crippen LogP contribution in [0, 0.1) is 6.92 Å². The van der Waals surface area contributed by atoms with Gasteiger partial charge >= 0.3 is 0 Å². The largest absolute Gasteiger partial charge is 0.343 e. The number of amides is 1. The molecule has 0 N–H and O–H groups in total. The Morgan fingerprint density at radius 2 is 2.14 bits per heavy atom. The first-order valence-electron chi connectivity index (χ1n) is 9.33. The van der Waals surface area contributed by atoms with Gasteiger partial charge < -0.3 is 9.42 Å². The molecular formula is C19H21F2N5O2. The van der Waals surface area contributed by atoms with E-state index in [0.717, 1.165) is 0 Å². The van der Waals surface area contributed by atoms with Crippen molar-refractivity contribution in [3.8, 4) is 0 Å². The van der Waals surface area contributed by atoms with Crippen molar-refractivity contribution in [2.24, 2.45) is 0 Å². The number of hydrogen-bond donors (Lipinski definition) is 0. The molecule has 28 heavy (non-hydrogen) atoms. The number of alkyl halides is 2. The number of fused-ring (bicyclic) bond motifs is 1. The van der Waals surface area contributed by atoms with E-state index in [4.69, 9.17) is 4.52 Å². The number of rotatable bonds is 5. The average molecular weight is 389 g/mol. The monoisotopic (exact) mass is 389 g/mol. The van der Waals surface area contributed by atoms with Gasteiger partial charge in [-0.2, -0.15) is 5.10 Å². The highest BCUT2D eigenvalue weighted by Gasteiger charge is 2.27. The van der Waals surface area contributed by atoms with Crippen molar-refractivity contribution in [3.63, 3.8) is 0 Å². The summed E-state index contributed by atoms with van der Waals surface area (Å²) in [6.45, 7) is 3.35. The van der Waals surface area contributed by atoms with Gasteiger partial charge in [0, 0.05) is 55.6 Å². The number of aryl methyl sites for hydroxylation is 2. The van der Waals surface area contributed by atoms with E-state index in [0.29, 0.717) is 55.7 Å². The highest BCUT2D eigenvalue weighted by Crippen LogP contribution is 2.34. The minimum Gasteiger partial charge on any atom is -0.343 e. The van der Waals surface area contributed by atoms with Crippen molar-refractivity contribution in [3.05, 3.63) is 41.5 Å². The molecule has 4 rings (SSSR count). The third kappa shape index (κ3) is 3.61. The molecule has 0 atom stereocenters. The molecule has 0 aromatic carbocycles. The minimum atomic E-state index is -2.62. The average Bonchev–Trinajstić information content (AvgIpc) is 3.35. The molecule has 1 amide bonds. The third-order valence-corrected chi connectivity index (χ3v) is 5.28. The predicted octanol–water partition coefficient (Wildman–Crippen LogP) is 3.46. The van der Waals surface area contributed by atoms with Gasteiger partial charge in [0.25, 0.3) is 12.1 Å². The molecule has 0 aliphatic carbocycles. The lowest BCUT2D eigenvalue weighted by Gasteiger charge is -2.32. The molecule has 3 aromatic heterocycles. The lowest BCUT2D eigenvalue weighted by atomic mass is 9.91. The summed E-state index contributed by atoms with van der Waals surface area (Å²) >= 11 is 0. The Labute approximate surface area is 160 Å². The number of piperidine rings is 1. The fourth-order valence-electron chi connectivity index (χ4n) is 3.75. The lowest BCUT2D eigenvalue weighted by Crippen LogP contribution is -2.38. The maximum Gasteiger partial charge on any atom is 0.264 e. The topological polar surface area (TPSA) is 77.0 Å². The Balaban J connectivity index is 1.43. The van der Waals surface area contributed by atoms with Crippen LogP contribution in [0.15, 0.2) is 29.0 Å². The van der Waals surface area contributed by atoms with Gasteiger partial charge in [-0.25, -0.2) is 13.8 Å². The summed E-state index contributed by atoms with van der Waals surface area (Å²) in [5.41, 5.74) is 1.07. The molecule has 3 aromatic rings. The van der Waals surface area contributed by atoms with E-state index in [1.54, 1.807) is 17.8 Å². The highest BCUT2D eigenvalue weighted by molar-refractivity contribution is 5.80. The van der Waals surface area contributed by atoms with Crippen LogP contribution >= 0.6 is 0 Å². The van der Waals surface area contributed by atoms with Crippen molar-refractivity contribution in [1.29, 1.82) is 0 Å². The van der Waals surface area contributed by atoms with Gasteiger partial charge in [-0.3, -0.25) is 9.48 Å². The van der Waals surface area contributed by atoms with Gasteiger partial charge in [-0.15, -0.1) is 0 Å². The zero-order chi connectivity index (χ0) is 19.7. The molecule has 1 aliphatic rings. The normalized spacial score (nSPS) is 15.6. The number of nitrogens with zero attached hydrogens (tertiary/aromatic N) is 5. The molecule has 0 bridgehead atoms. The quantitative estimate of drug-likeness (QED) is 0.668. The number of aromatic nitrogens is 4. The van der Waals surface area contributed by atoms with E-state index in [-0.39, 0.29) is 23.1 Å². The van der Waals surface area contributed by atoms with Gasteiger partial charge in [0.2, 0.25) is 5.91 Å². The zero-order valence-corrected chi connectivity index (χ0v) is 15.5. The second kappa shape index (κ2) is 7.65. The standard InChI is InChI=1S/C19H21F2N5O2/c1-12-17-14(18(20)21)11-15(23-19(17)28-24-12)13-3-8-25(9-4-13)16(27)5-10-26-7-2-6-22-26/h2,6-7,11,13,18H,3-5,8-10H2,1H3. The molecule has 7 nitrogen and oxygen atoms in total. The van der Waals surface area contributed by atoms with Crippen LogP contribution in [0.1, 0.15) is 48.6 Å². The van der Waals surface area contributed by atoms with Gasteiger partial charge in [0.15, 0.2) is 0 Å². The molecule has 1 aliphatic heterocycles. The summed E-state index contributed by atoms with van der Waals surface area (Å²) in [6, 6.07) is 3.29. The van der Waals surface area contributed by atoms with Gasteiger partial charge in [0.05, 0.1) is 11.1 Å². The maximum atomic E-state index is 13.5. The summed E-state index contributed by atoms with van der Waals surface area (Å²) < 4.78 is 33.9. The molecule has 4 heterocycles. The van der Waals surface area contributed by atoms with Crippen LogP contribution in [0.4, 0.5) is 8.78 Å². The molecule has 1 saturated heterocycles. The van der Waals surface area contributed by atoms with Crippen molar-refractivity contribution < 1.29 is 18.1 Å². The van der Waals surface area contributed by atoms with E-state index >= 15 is 0 Å². The molecule has 0 unspecified atom stereocenters. The number of likely N-dealkylation sites (tertiary alicyclic amines) is 1. The molecular weight excluding hydrogens is 368 g/mol. The Bertz CT molecular complexity index is 962. The Morgan fingerprint density at radius 3 is 2.82 bits per heavy atom. The fourth-order valence-corrected chi connectivity index (χ4v) is 3.75. The highest BCUT2D eigenvalue weighted by atomic mass is 19.3. The number of halogens is 2. The summed E-state index contributed by atoms with van der Waals surface area (Å²) in [7, 11) is 0. The second-order valence-corrected chi connectivity index (χ2v) is 7.06. The zero-order valence-electron chi connectivity index (χ0n) is 15.5. The molecule has 0 spiro atoms. The van der Waals surface area contributed by atoms with Crippen LogP contribution in [0.3, 0.4) is 0 Å². The van der Waals surface area contributed by atoms with Gasteiger partial charge in [-0.1, -0.05) is 5.16 Å². The van der Waals surface area contributed by atoms with Crippen LogP contribution in [-0.4, -0.2) is 43.8 Å². The minimum absolute atomic E-state index is 0.0162. The Morgan fingerprint density at radius 1 is 1.36 bits per heavy atom. The number of hydrogen-bond acceptors (Lipinski definition) is 5. The van der Waals surface area contributed by atoms with Crippen molar-refractivity contribution in [1.82, 2.24) is 24.8 Å². The molecule has 9 heteroatoms. The van der Waals surface area contributed by atoms with Gasteiger partial charge in [0.1, 0.15) is 0 Å². The van der Waals surface area contributed by atoms with Crippen molar-refractivity contribution >= 4 is 17.0 Å². The first-order chi connectivity index (χ1) is 13.5. The van der Waals surface area contributed by atoms with E-state index in [9.17, 15) is 13.6 Å². The first-order valence-corrected chi connectivity index (χ1v) is 9.33. The number of pyridine rings is 1. The lowest BCUT2D eigenvalue weighted by molar-refractivity contribution is -0.132. The van der Waals surface area contributed by atoms with E-state index in [2.05, 4.69) is 15.2 Å². The summed E-state index contributed by atoms with van der Waals surface area (Å²) in [5.74, 6) is 0.0963. The number of carbonyl (C=O) groups is 1.